The summed E-state index contributed by atoms with van der Waals surface area (Å²) in [5.41, 5.74) is 7.18. The van der Waals surface area contributed by atoms with E-state index in [0.717, 1.165) is 22.5 Å². The number of methoxy groups -OCH3 is 1. The fourth-order valence-corrected chi connectivity index (χ4v) is 4.48. The maximum Gasteiger partial charge on any atom is 0.281 e. The van der Waals surface area contributed by atoms with Crippen molar-refractivity contribution >= 4 is 56.4 Å². The van der Waals surface area contributed by atoms with Crippen LogP contribution < -0.4 is 15.6 Å². The maximum absolute atomic E-state index is 12.5. The summed E-state index contributed by atoms with van der Waals surface area (Å²) in [6, 6.07) is 8.87. The van der Waals surface area contributed by atoms with Crippen molar-refractivity contribution in [1.29, 1.82) is 0 Å². The molecule has 0 spiro atoms. The smallest absolute Gasteiger partial charge is 0.281 e. The monoisotopic (exact) mass is 422 g/mol. The van der Waals surface area contributed by atoms with Crippen LogP contribution in [0.4, 0.5) is 0 Å². The molecule has 0 saturated heterocycles. The van der Waals surface area contributed by atoms with E-state index in [2.05, 4.69) is 10.9 Å². The Labute approximate surface area is 170 Å². The van der Waals surface area contributed by atoms with E-state index in [4.69, 9.17) is 27.9 Å². The molecule has 0 aliphatic carbocycles. The van der Waals surface area contributed by atoms with Crippen molar-refractivity contribution in [3.63, 3.8) is 0 Å². The number of rotatable bonds is 3. The minimum absolute atomic E-state index is 0.253. The molecular formula is C19H16Cl2N2O3S. The number of fused-ring (bicyclic) bond motifs is 1. The lowest BCUT2D eigenvalue weighted by molar-refractivity contribution is 0.0848. The van der Waals surface area contributed by atoms with E-state index in [1.807, 2.05) is 26.0 Å². The van der Waals surface area contributed by atoms with Crippen LogP contribution in [0.2, 0.25) is 10.0 Å². The second-order valence-corrected chi connectivity index (χ2v) is 7.71. The predicted molar refractivity (Wildman–Crippen MR) is 109 cm³/mol. The number of ether oxygens (including phenoxy) is 1. The number of nitrogens with one attached hydrogen (secondary N) is 2. The van der Waals surface area contributed by atoms with Crippen molar-refractivity contribution in [2.24, 2.45) is 0 Å². The minimum Gasteiger partial charge on any atom is -0.495 e. The van der Waals surface area contributed by atoms with Gasteiger partial charge in [0.1, 0.15) is 15.6 Å². The number of carbonyl (C=O) groups excluding carboxylic acids is 2. The molecule has 0 fully saturated rings. The lowest BCUT2D eigenvalue weighted by atomic mass is 10.1. The van der Waals surface area contributed by atoms with Crippen LogP contribution in [0.5, 0.6) is 5.75 Å². The molecule has 1 heterocycles. The molecule has 2 aromatic carbocycles. The number of carbonyl (C=O) groups is 2. The Morgan fingerprint density at radius 3 is 2.37 bits per heavy atom. The van der Waals surface area contributed by atoms with Gasteiger partial charge in [-0.15, -0.1) is 11.3 Å². The fraction of sp³-hybridized carbons (Fsp3) is 0.158. The molecule has 0 aliphatic heterocycles. The average Bonchev–Trinajstić information content (AvgIpc) is 2.97. The molecule has 0 atom stereocenters. The average molecular weight is 423 g/mol. The maximum atomic E-state index is 12.5. The van der Waals surface area contributed by atoms with Crippen molar-refractivity contribution in [1.82, 2.24) is 10.9 Å². The number of halogens is 2. The first kappa shape index (κ1) is 19.5. The molecule has 27 heavy (non-hydrogen) atoms. The number of hydrogen-bond donors (Lipinski definition) is 2. The second kappa shape index (κ2) is 7.76. The van der Waals surface area contributed by atoms with E-state index in [1.54, 1.807) is 18.2 Å². The van der Waals surface area contributed by atoms with Crippen LogP contribution in [0, 0.1) is 13.8 Å². The summed E-state index contributed by atoms with van der Waals surface area (Å²) in [7, 11) is 1.51. The first-order valence-corrected chi connectivity index (χ1v) is 9.53. The minimum atomic E-state index is -0.519. The summed E-state index contributed by atoms with van der Waals surface area (Å²) < 4.78 is 5.83. The summed E-state index contributed by atoms with van der Waals surface area (Å²) >= 11 is 13.8. The number of hydrogen-bond acceptors (Lipinski definition) is 4. The third-order valence-corrected chi connectivity index (χ3v) is 6.26. The van der Waals surface area contributed by atoms with Crippen molar-refractivity contribution in [2.75, 3.05) is 7.11 Å². The third kappa shape index (κ3) is 3.74. The van der Waals surface area contributed by atoms with Gasteiger partial charge in [-0.1, -0.05) is 40.9 Å². The fourth-order valence-electron chi connectivity index (χ4n) is 2.69. The van der Waals surface area contributed by atoms with E-state index in [-0.39, 0.29) is 9.90 Å². The summed E-state index contributed by atoms with van der Waals surface area (Å²) in [6.45, 7) is 3.78. The summed E-state index contributed by atoms with van der Waals surface area (Å²) in [5.74, 6) is -0.427. The summed E-state index contributed by atoms with van der Waals surface area (Å²) in [4.78, 5) is 25.1. The van der Waals surface area contributed by atoms with Gasteiger partial charge in [0.25, 0.3) is 11.8 Å². The Kier molecular flexibility index (Phi) is 5.60. The molecule has 1 aromatic heterocycles. The molecular weight excluding hydrogens is 407 g/mol. The van der Waals surface area contributed by atoms with Gasteiger partial charge in [-0.25, -0.2) is 0 Å². The molecule has 0 bridgehead atoms. The highest BCUT2D eigenvalue weighted by molar-refractivity contribution is 7.22. The standard InChI is InChI=1S/C19H16Cl2N2O3S/c1-9-4-5-11(10(2)8-9)18(24)22-23-19(25)17-14(20)12-6-7-13(26-3)15(21)16(12)27-17/h4-8H,1-3H3,(H,22,24)(H,23,25). The topological polar surface area (TPSA) is 67.4 Å². The van der Waals surface area contributed by atoms with Gasteiger partial charge in [-0.2, -0.15) is 0 Å². The molecule has 2 amide bonds. The highest BCUT2D eigenvalue weighted by Gasteiger charge is 2.21. The van der Waals surface area contributed by atoms with Gasteiger partial charge < -0.3 is 4.74 Å². The van der Waals surface area contributed by atoms with Crippen LogP contribution in [-0.4, -0.2) is 18.9 Å². The van der Waals surface area contributed by atoms with E-state index < -0.39 is 11.8 Å². The number of hydrazine groups is 1. The Bertz CT molecular complexity index is 1060. The first-order chi connectivity index (χ1) is 12.8. The Morgan fingerprint density at radius 2 is 1.70 bits per heavy atom. The summed E-state index contributed by atoms with van der Waals surface area (Å²) in [5, 5.41) is 1.32. The van der Waals surface area contributed by atoms with Crippen molar-refractivity contribution in [3.05, 3.63) is 61.9 Å². The Hall–Kier alpha value is -2.28. The van der Waals surface area contributed by atoms with Crippen LogP contribution in [0.15, 0.2) is 30.3 Å². The molecule has 3 rings (SSSR count). The van der Waals surface area contributed by atoms with E-state index in [0.29, 0.717) is 26.4 Å². The number of thiophene rings is 1. The molecule has 0 saturated carbocycles. The van der Waals surface area contributed by atoms with Crippen LogP contribution in [0.1, 0.15) is 31.2 Å². The molecule has 3 aromatic rings. The highest BCUT2D eigenvalue weighted by Crippen LogP contribution is 2.42. The van der Waals surface area contributed by atoms with Gasteiger partial charge >= 0.3 is 0 Å². The van der Waals surface area contributed by atoms with Gasteiger partial charge in [-0.3, -0.25) is 20.4 Å². The number of benzene rings is 2. The third-order valence-electron chi connectivity index (χ3n) is 4.04. The number of aryl methyl sites for hydroxylation is 2. The lowest BCUT2D eigenvalue weighted by Crippen LogP contribution is -2.41. The number of amides is 2. The second-order valence-electron chi connectivity index (χ2n) is 5.93. The van der Waals surface area contributed by atoms with Crippen molar-refractivity contribution in [2.45, 2.75) is 13.8 Å². The zero-order chi connectivity index (χ0) is 19.7. The largest absolute Gasteiger partial charge is 0.495 e. The molecule has 140 valence electrons. The van der Waals surface area contributed by atoms with Gasteiger partial charge in [-0.05, 0) is 37.6 Å². The van der Waals surface area contributed by atoms with E-state index >= 15 is 0 Å². The molecule has 0 aliphatic rings. The van der Waals surface area contributed by atoms with Crippen LogP contribution >= 0.6 is 34.5 Å². The van der Waals surface area contributed by atoms with Gasteiger partial charge in [0.2, 0.25) is 0 Å². The van der Waals surface area contributed by atoms with E-state index in [9.17, 15) is 9.59 Å². The van der Waals surface area contributed by atoms with Crippen LogP contribution in [0.3, 0.4) is 0 Å². The molecule has 0 unspecified atom stereocenters. The molecule has 0 radical (unpaired) electrons. The van der Waals surface area contributed by atoms with Crippen molar-refractivity contribution in [3.8, 4) is 5.75 Å². The van der Waals surface area contributed by atoms with Gasteiger partial charge in [0.15, 0.2) is 0 Å². The molecule has 8 heteroatoms. The van der Waals surface area contributed by atoms with Crippen molar-refractivity contribution < 1.29 is 14.3 Å². The predicted octanol–water partition coefficient (Wildman–Crippen LogP) is 4.91. The van der Waals surface area contributed by atoms with Crippen LogP contribution in [-0.2, 0) is 0 Å². The zero-order valence-corrected chi connectivity index (χ0v) is 17.1. The summed E-state index contributed by atoms with van der Waals surface area (Å²) in [6.07, 6.45) is 0. The van der Waals surface area contributed by atoms with Gasteiger partial charge in [0, 0.05) is 10.9 Å². The lowest BCUT2D eigenvalue weighted by Gasteiger charge is -2.09. The Balaban J connectivity index is 1.81. The highest BCUT2D eigenvalue weighted by atomic mass is 35.5. The molecule has 5 nitrogen and oxygen atoms in total. The Morgan fingerprint density at radius 1 is 1.00 bits per heavy atom. The van der Waals surface area contributed by atoms with E-state index in [1.165, 1.54) is 7.11 Å². The first-order valence-electron chi connectivity index (χ1n) is 7.96. The normalized spacial score (nSPS) is 10.7. The van der Waals surface area contributed by atoms with Crippen LogP contribution in [0.25, 0.3) is 10.1 Å². The quantitative estimate of drug-likeness (QED) is 0.589. The SMILES string of the molecule is COc1ccc2c(Cl)c(C(=O)NNC(=O)c3ccc(C)cc3C)sc2c1Cl. The van der Waals surface area contributed by atoms with Gasteiger partial charge in [0.05, 0.1) is 16.8 Å². The molecule has 2 N–H and O–H groups in total. The zero-order valence-electron chi connectivity index (χ0n) is 14.8.